The highest BCUT2D eigenvalue weighted by molar-refractivity contribution is 7.80. The molecule has 2 amide bonds. The van der Waals surface area contributed by atoms with E-state index in [2.05, 4.69) is 12.6 Å². The first-order valence-corrected chi connectivity index (χ1v) is 6.82. The van der Waals surface area contributed by atoms with Crippen molar-refractivity contribution in [1.29, 1.82) is 0 Å². The molecular formula is C14H18N2O2S. The van der Waals surface area contributed by atoms with Crippen LogP contribution in [0.15, 0.2) is 29.2 Å². The number of piperazine rings is 1. The zero-order valence-electron chi connectivity index (χ0n) is 11.0. The molecule has 1 heterocycles. The minimum Gasteiger partial charge on any atom is -0.339 e. The SMILES string of the molecule is CC(=O)N1CCN(C(=O)Cc2ccc(S)cc2)CC1. The number of benzene rings is 1. The fourth-order valence-corrected chi connectivity index (χ4v) is 2.32. The van der Waals surface area contributed by atoms with E-state index in [0.29, 0.717) is 32.6 Å². The second-order valence-corrected chi connectivity index (χ2v) is 5.25. The van der Waals surface area contributed by atoms with E-state index < -0.39 is 0 Å². The maximum absolute atomic E-state index is 12.1. The number of hydrogen-bond donors (Lipinski definition) is 1. The highest BCUT2D eigenvalue weighted by Gasteiger charge is 2.22. The predicted octanol–water partition coefficient (Wildman–Crippen LogP) is 1.21. The molecule has 0 radical (unpaired) electrons. The van der Waals surface area contributed by atoms with E-state index >= 15 is 0 Å². The molecule has 1 aromatic rings. The predicted molar refractivity (Wildman–Crippen MR) is 76.2 cm³/mol. The Balaban J connectivity index is 1.88. The number of hydrogen-bond acceptors (Lipinski definition) is 3. The summed E-state index contributed by atoms with van der Waals surface area (Å²) in [4.78, 5) is 27.8. The fraction of sp³-hybridized carbons (Fsp3) is 0.429. The molecule has 0 atom stereocenters. The van der Waals surface area contributed by atoms with Crippen LogP contribution in [-0.4, -0.2) is 47.8 Å². The van der Waals surface area contributed by atoms with Gasteiger partial charge in [0.15, 0.2) is 0 Å². The normalized spacial score (nSPS) is 15.5. The second-order valence-electron chi connectivity index (χ2n) is 4.73. The fourth-order valence-electron chi connectivity index (χ4n) is 2.17. The van der Waals surface area contributed by atoms with Crippen LogP contribution in [0.3, 0.4) is 0 Å². The average Bonchev–Trinajstić information content (AvgIpc) is 2.41. The lowest BCUT2D eigenvalue weighted by atomic mass is 10.1. The van der Waals surface area contributed by atoms with Crippen LogP contribution in [0.4, 0.5) is 0 Å². The molecular weight excluding hydrogens is 260 g/mol. The average molecular weight is 278 g/mol. The Morgan fingerprint density at radius 2 is 1.58 bits per heavy atom. The van der Waals surface area contributed by atoms with Gasteiger partial charge < -0.3 is 9.80 Å². The van der Waals surface area contributed by atoms with E-state index in [4.69, 9.17) is 0 Å². The van der Waals surface area contributed by atoms with Crippen molar-refractivity contribution in [3.05, 3.63) is 29.8 Å². The molecule has 2 rings (SSSR count). The summed E-state index contributed by atoms with van der Waals surface area (Å²) in [6.45, 7) is 4.09. The number of rotatable bonds is 2. The van der Waals surface area contributed by atoms with Crippen molar-refractivity contribution in [2.45, 2.75) is 18.2 Å². The van der Waals surface area contributed by atoms with Crippen LogP contribution < -0.4 is 0 Å². The zero-order chi connectivity index (χ0) is 13.8. The maximum atomic E-state index is 12.1. The number of amides is 2. The largest absolute Gasteiger partial charge is 0.339 e. The van der Waals surface area contributed by atoms with Crippen LogP contribution in [0.1, 0.15) is 12.5 Å². The van der Waals surface area contributed by atoms with E-state index in [-0.39, 0.29) is 11.8 Å². The van der Waals surface area contributed by atoms with Crippen molar-refractivity contribution in [3.63, 3.8) is 0 Å². The smallest absolute Gasteiger partial charge is 0.227 e. The monoisotopic (exact) mass is 278 g/mol. The minimum absolute atomic E-state index is 0.0801. The number of carbonyl (C=O) groups excluding carboxylic acids is 2. The van der Waals surface area contributed by atoms with Crippen LogP contribution in [0, 0.1) is 0 Å². The zero-order valence-corrected chi connectivity index (χ0v) is 11.9. The van der Waals surface area contributed by atoms with Gasteiger partial charge >= 0.3 is 0 Å². The topological polar surface area (TPSA) is 40.6 Å². The molecule has 0 aromatic heterocycles. The van der Waals surface area contributed by atoms with Crippen molar-refractivity contribution in [2.75, 3.05) is 26.2 Å². The summed E-state index contributed by atoms with van der Waals surface area (Å²) in [5.41, 5.74) is 0.997. The summed E-state index contributed by atoms with van der Waals surface area (Å²) in [7, 11) is 0. The van der Waals surface area contributed by atoms with Gasteiger partial charge in [-0.1, -0.05) is 12.1 Å². The first-order valence-electron chi connectivity index (χ1n) is 6.37. The lowest BCUT2D eigenvalue weighted by molar-refractivity contribution is -0.138. The quantitative estimate of drug-likeness (QED) is 0.826. The van der Waals surface area contributed by atoms with Gasteiger partial charge in [-0.3, -0.25) is 9.59 Å². The number of nitrogens with zero attached hydrogens (tertiary/aromatic N) is 2. The van der Waals surface area contributed by atoms with Gasteiger partial charge in [0, 0.05) is 38.0 Å². The van der Waals surface area contributed by atoms with Gasteiger partial charge in [0.2, 0.25) is 11.8 Å². The molecule has 1 aliphatic rings. The second kappa shape index (κ2) is 6.10. The molecule has 0 bridgehead atoms. The summed E-state index contributed by atoms with van der Waals surface area (Å²) < 4.78 is 0. The molecule has 4 nitrogen and oxygen atoms in total. The summed E-state index contributed by atoms with van der Waals surface area (Å²) in [6, 6.07) is 7.62. The van der Waals surface area contributed by atoms with Crippen LogP contribution in [0.25, 0.3) is 0 Å². The van der Waals surface area contributed by atoms with Crippen molar-refractivity contribution in [2.24, 2.45) is 0 Å². The Morgan fingerprint density at radius 3 is 2.11 bits per heavy atom. The summed E-state index contributed by atoms with van der Waals surface area (Å²) in [5.74, 6) is 0.201. The van der Waals surface area contributed by atoms with E-state index in [0.717, 1.165) is 10.5 Å². The van der Waals surface area contributed by atoms with Gasteiger partial charge in [0.25, 0.3) is 0 Å². The Bertz CT molecular complexity index is 465. The van der Waals surface area contributed by atoms with Crippen LogP contribution in [0.5, 0.6) is 0 Å². The van der Waals surface area contributed by atoms with E-state index in [1.807, 2.05) is 29.2 Å². The molecule has 0 aliphatic carbocycles. The number of carbonyl (C=O) groups is 2. The van der Waals surface area contributed by atoms with Crippen LogP contribution >= 0.6 is 12.6 Å². The van der Waals surface area contributed by atoms with E-state index in [1.165, 1.54) is 0 Å². The third-order valence-corrected chi connectivity index (χ3v) is 3.67. The Kier molecular flexibility index (Phi) is 4.47. The highest BCUT2D eigenvalue weighted by atomic mass is 32.1. The Morgan fingerprint density at radius 1 is 1.05 bits per heavy atom. The molecule has 1 saturated heterocycles. The van der Waals surface area contributed by atoms with Gasteiger partial charge in [-0.2, -0.15) is 0 Å². The van der Waals surface area contributed by atoms with Gasteiger partial charge in [-0.05, 0) is 17.7 Å². The number of thiol groups is 1. The maximum Gasteiger partial charge on any atom is 0.227 e. The summed E-state index contributed by atoms with van der Waals surface area (Å²) in [6.07, 6.45) is 0.411. The third kappa shape index (κ3) is 3.73. The minimum atomic E-state index is 0.0801. The van der Waals surface area contributed by atoms with Gasteiger partial charge in [0.05, 0.1) is 6.42 Å². The standard InChI is InChI=1S/C14H18N2O2S/c1-11(17)15-6-8-16(9-7-15)14(18)10-12-2-4-13(19)5-3-12/h2-5,19H,6-10H2,1H3. The summed E-state index contributed by atoms with van der Waals surface area (Å²) >= 11 is 4.22. The molecule has 1 aliphatic heterocycles. The van der Waals surface area contributed by atoms with E-state index in [1.54, 1.807) is 11.8 Å². The molecule has 102 valence electrons. The molecule has 5 heteroatoms. The van der Waals surface area contributed by atoms with Crippen molar-refractivity contribution < 1.29 is 9.59 Å². The summed E-state index contributed by atoms with van der Waals surface area (Å²) in [5, 5.41) is 0. The molecule has 0 saturated carbocycles. The van der Waals surface area contributed by atoms with Gasteiger partial charge in [-0.15, -0.1) is 12.6 Å². The van der Waals surface area contributed by atoms with Crippen LogP contribution in [-0.2, 0) is 16.0 Å². The van der Waals surface area contributed by atoms with Gasteiger partial charge in [-0.25, -0.2) is 0 Å². The first kappa shape index (κ1) is 13.9. The molecule has 0 N–H and O–H groups in total. The molecule has 1 fully saturated rings. The molecule has 0 unspecified atom stereocenters. The lowest BCUT2D eigenvalue weighted by Gasteiger charge is -2.34. The first-order chi connectivity index (χ1) is 9.06. The van der Waals surface area contributed by atoms with Crippen molar-refractivity contribution in [1.82, 2.24) is 9.80 Å². The van der Waals surface area contributed by atoms with Crippen molar-refractivity contribution >= 4 is 24.4 Å². The lowest BCUT2D eigenvalue weighted by Crippen LogP contribution is -2.50. The van der Waals surface area contributed by atoms with Gasteiger partial charge in [0.1, 0.15) is 0 Å². The Labute approximate surface area is 118 Å². The molecule has 19 heavy (non-hydrogen) atoms. The van der Waals surface area contributed by atoms with Crippen LogP contribution in [0.2, 0.25) is 0 Å². The van der Waals surface area contributed by atoms with Crippen molar-refractivity contribution in [3.8, 4) is 0 Å². The third-order valence-electron chi connectivity index (χ3n) is 3.37. The molecule has 0 spiro atoms. The highest BCUT2D eigenvalue weighted by Crippen LogP contribution is 2.10. The molecule has 1 aromatic carbocycles. The van der Waals surface area contributed by atoms with E-state index in [9.17, 15) is 9.59 Å². The Hall–Kier alpha value is -1.49.